The molecule has 1 atom stereocenters. The number of fused-ring (bicyclic) bond motifs is 1. The van der Waals surface area contributed by atoms with E-state index in [0.29, 0.717) is 28.0 Å². The van der Waals surface area contributed by atoms with Gasteiger partial charge < -0.3 is 19.5 Å². The van der Waals surface area contributed by atoms with Crippen LogP contribution in [0.2, 0.25) is 0 Å². The monoisotopic (exact) mass is 418 g/mol. The molecule has 0 aromatic heterocycles. The molecule has 30 heavy (non-hydrogen) atoms. The van der Waals surface area contributed by atoms with Gasteiger partial charge in [0.05, 0.1) is 5.69 Å². The van der Waals surface area contributed by atoms with Crippen LogP contribution in [0.25, 0.3) is 0 Å². The van der Waals surface area contributed by atoms with Gasteiger partial charge in [0.2, 0.25) is 6.79 Å². The van der Waals surface area contributed by atoms with Gasteiger partial charge in [0, 0.05) is 6.07 Å². The van der Waals surface area contributed by atoms with E-state index in [1.54, 1.807) is 18.2 Å². The lowest BCUT2D eigenvalue weighted by Gasteiger charge is -2.23. The number of para-hydroxylation sites is 1. The van der Waals surface area contributed by atoms with Gasteiger partial charge in [-0.2, -0.15) is 0 Å². The number of rotatable bonds is 4. The molecule has 0 aliphatic carbocycles. The fraction of sp³-hybridized carbons (Fsp3) is 0.130. The summed E-state index contributed by atoms with van der Waals surface area (Å²) in [5.74, 6) is 2.53. The minimum atomic E-state index is -0.987. The Labute approximate surface area is 179 Å². The van der Waals surface area contributed by atoms with E-state index in [1.807, 2.05) is 61.5 Å². The highest BCUT2D eigenvalue weighted by atomic mass is 32.1. The van der Waals surface area contributed by atoms with Crippen molar-refractivity contribution >= 4 is 28.9 Å². The van der Waals surface area contributed by atoms with Gasteiger partial charge in [-0.05, 0) is 61.1 Å². The highest BCUT2D eigenvalue weighted by Gasteiger charge is 2.47. The molecule has 1 amide bonds. The van der Waals surface area contributed by atoms with Crippen LogP contribution in [-0.4, -0.2) is 17.8 Å². The largest absolute Gasteiger partial charge is 0.457 e. The number of carbonyl (C=O) groups excluding carboxylic acids is 1. The minimum Gasteiger partial charge on any atom is -0.457 e. The first kappa shape index (κ1) is 18.4. The Morgan fingerprint density at radius 2 is 1.67 bits per heavy atom. The van der Waals surface area contributed by atoms with Gasteiger partial charge in [-0.3, -0.25) is 9.69 Å². The Morgan fingerprint density at radius 1 is 0.967 bits per heavy atom. The summed E-state index contributed by atoms with van der Waals surface area (Å²) in [6, 6.07) is 22.3. The molecule has 7 heteroatoms. The van der Waals surface area contributed by atoms with E-state index >= 15 is 0 Å². The van der Waals surface area contributed by atoms with Crippen LogP contribution in [0.3, 0.4) is 0 Å². The number of thiocarbonyl (C=S) groups is 1. The number of hydrogen-bond acceptors (Lipinski definition) is 5. The van der Waals surface area contributed by atoms with Crippen molar-refractivity contribution in [1.29, 1.82) is 0 Å². The summed E-state index contributed by atoms with van der Waals surface area (Å²) in [6.07, 6.45) is 0. The van der Waals surface area contributed by atoms with Crippen molar-refractivity contribution < 1.29 is 19.0 Å². The molecule has 0 radical (unpaired) electrons. The standard InChI is InChI=1S/C23H18N2O4S/c1-23(15-7-10-18(11-8-15)29-17-5-3-2-4-6-17)21(26)25(22(30)24-23)16-9-12-19-20(13-16)28-14-27-19/h2-13H,14H2,1H3,(H,24,30). The van der Waals surface area contributed by atoms with Crippen LogP contribution in [0.15, 0.2) is 72.8 Å². The van der Waals surface area contributed by atoms with E-state index in [-0.39, 0.29) is 12.7 Å². The topological polar surface area (TPSA) is 60.0 Å². The number of benzene rings is 3. The molecule has 5 rings (SSSR count). The van der Waals surface area contributed by atoms with E-state index in [9.17, 15) is 4.79 Å². The molecular formula is C23H18N2O4S. The van der Waals surface area contributed by atoms with Crippen LogP contribution in [0.5, 0.6) is 23.0 Å². The second-order valence-corrected chi connectivity index (χ2v) is 7.56. The van der Waals surface area contributed by atoms with Gasteiger partial charge in [-0.15, -0.1) is 0 Å². The van der Waals surface area contributed by atoms with Crippen molar-refractivity contribution in [2.24, 2.45) is 0 Å². The van der Waals surface area contributed by atoms with Crippen LogP contribution in [0.1, 0.15) is 12.5 Å². The van der Waals surface area contributed by atoms with Crippen LogP contribution in [-0.2, 0) is 10.3 Å². The Hall–Kier alpha value is -3.58. The molecule has 150 valence electrons. The second-order valence-electron chi connectivity index (χ2n) is 7.17. The molecule has 2 heterocycles. The highest BCUT2D eigenvalue weighted by molar-refractivity contribution is 7.80. The summed E-state index contributed by atoms with van der Waals surface area (Å²) in [5, 5.41) is 3.52. The molecule has 2 aliphatic rings. The molecule has 0 spiro atoms. The summed E-state index contributed by atoms with van der Waals surface area (Å²) in [5.41, 5.74) is 0.437. The molecule has 1 fully saturated rings. The molecule has 3 aromatic rings. The summed E-state index contributed by atoms with van der Waals surface area (Å²) in [7, 11) is 0. The molecule has 2 aliphatic heterocycles. The van der Waals surface area contributed by atoms with Gasteiger partial charge >= 0.3 is 0 Å². The number of nitrogens with zero attached hydrogens (tertiary/aromatic N) is 1. The summed E-state index contributed by atoms with van der Waals surface area (Å²) >= 11 is 5.49. The van der Waals surface area contributed by atoms with Gasteiger partial charge in [-0.1, -0.05) is 30.3 Å². The number of amides is 1. The number of carbonyl (C=O) groups is 1. The molecule has 3 aromatic carbocycles. The molecule has 6 nitrogen and oxygen atoms in total. The number of hydrogen-bond donors (Lipinski definition) is 1. The zero-order valence-corrected chi connectivity index (χ0v) is 16.9. The first-order chi connectivity index (χ1) is 14.5. The number of ether oxygens (including phenoxy) is 3. The van der Waals surface area contributed by atoms with Crippen molar-refractivity contribution in [2.45, 2.75) is 12.5 Å². The first-order valence-corrected chi connectivity index (χ1v) is 9.85. The van der Waals surface area contributed by atoms with E-state index in [1.165, 1.54) is 4.90 Å². The Bertz CT molecular complexity index is 1130. The van der Waals surface area contributed by atoms with Gasteiger partial charge in [-0.25, -0.2) is 0 Å². The fourth-order valence-corrected chi connectivity index (χ4v) is 3.97. The van der Waals surface area contributed by atoms with Crippen LogP contribution in [0, 0.1) is 0 Å². The lowest BCUT2D eigenvalue weighted by molar-refractivity contribution is -0.121. The molecule has 1 unspecified atom stereocenters. The van der Waals surface area contributed by atoms with Gasteiger partial charge in [0.15, 0.2) is 16.6 Å². The zero-order chi connectivity index (χ0) is 20.7. The third-order valence-corrected chi connectivity index (χ3v) is 5.50. The molecule has 0 saturated carbocycles. The van der Waals surface area contributed by atoms with Crippen LogP contribution < -0.4 is 24.4 Å². The fourth-order valence-electron chi connectivity index (χ4n) is 3.57. The number of anilines is 1. The summed E-state index contributed by atoms with van der Waals surface area (Å²) in [4.78, 5) is 14.9. The van der Waals surface area contributed by atoms with Crippen molar-refractivity contribution in [1.82, 2.24) is 5.32 Å². The lowest BCUT2D eigenvalue weighted by atomic mass is 9.92. The lowest BCUT2D eigenvalue weighted by Crippen LogP contribution is -2.40. The van der Waals surface area contributed by atoms with Crippen LogP contribution >= 0.6 is 12.2 Å². The highest BCUT2D eigenvalue weighted by Crippen LogP contribution is 2.39. The summed E-state index contributed by atoms with van der Waals surface area (Å²) < 4.78 is 16.6. The molecule has 1 N–H and O–H groups in total. The quantitative estimate of drug-likeness (QED) is 0.636. The Kier molecular flexibility index (Phi) is 4.33. The molecule has 0 bridgehead atoms. The van der Waals surface area contributed by atoms with Crippen molar-refractivity contribution in [3.8, 4) is 23.0 Å². The molecular weight excluding hydrogens is 400 g/mol. The second kappa shape index (κ2) is 7.03. The van der Waals surface area contributed by atoms with Crippen molar-refractivity contribution in [3.05, 3.63) is 78.4 Å². The van der Waals surface area contributed by atoms with Gasteiger partial charge in [0.25, 0.3) is 5.91 Å². The van der Waals surface area contributed by atoms with E-state index in [0.717, 1.165) is 11.3 Å². The SMILES string of the molecule is CC1(c2ccc(Oc3ccccc3)cc2)NC(=S)N(c2ccc3c(c2)OCO3)C1=O. The minimum absolute atomic E-state index is 0.164. The maximum absolute atomic E-state index is 13.4. The normalized spacial score (nSPS) is 19.7. The summed E-state index contributed by atoms with van der Waals surface area (Å²) in [6.45, 7) is 1.99. The average Bonchev–Trinajstić information content (AvgIpc) is 3.31. The van der Waals surface area contributed by atoms with E-state index < -0.39 is 5.54 Å². The average molecular weight is 418 g/mol. The van der Waals surface area contributed by atoms with E-state index in [4.69, 9.17) is 26.4 Å². The Balaban J connectivity index is 1.40. The van der Waals surface area contributed by atoms with Crippen molar-refractivity contribution in [3.63, 3.8) is 0 Å². The maximum atomic E-state index is 13.4. The predicted octanol–water partition coefficient (Wildman–Crippen LogP) is 4.34. The van der Waals surface area contributed by atoms with Crippen LogP contribution in [0.4, 0.5) is 5.69 Å². The predicted molar refractivity (Wildman–Crippen MR) is 116 cm³/mol. The van der Waals surface area contributed by atoms with Gasteiger partial charge in [0.1, 0.15) is 17.0 Å². The third kappa shape index (κ3) is 3.04. The van der Waals surface area contributed by atoms with E-state index in [2.05, 4.69) is 5.32 Å². The third-order valence-electron chi connectivity index (χ3n) is 5.22. The Morgan fingerprint density at radius 3 is 2.43 bits per heavy atom. The smallest absolute Gasteiger partial charge is 0.263 e. The number of nitrogens with one attached hydrogen (secondary N) is 1. The zero-order valence-electron chi connectivity index (χ0n) is 16.1. The molecule has 1 saturated heterocycles. The maximum Gasteiger partial charge on any atom is 0.263 e. The first-order valence-electron chi connectivity index (χ1n) is 9.44. The van der Waals surface area contributed by atoms with Crippen molar-refractivity contribution in [2.75, 3.05) is 11.7 Å².